The van der Waals surface area contributed by atoms with Crippen molar-refractivity contribution in [3.05, 3.63) is 23.3 Å². The van der Waals surface area contributed by atoms with Gasteiger partial charge in [-0.3, -0.25) is 0 Å². The van der Waals surface area contributed by atoms with Crippen LogP contribution in [0.15, 0.2) is 17.0 Å². The number of hydrogen-bond donors (Lipinski definition) is 2. The van der Waals surface area contributed by atoms with E-state index in [1.54, 1.807) is 12.1 Å². The van der Waals surface area contributed by atoms with Crippen LogP contribution in [0.2, 0.25) is 0 Å². The molecule has 1 aromatic carbocycles. The van der Waals surface area contributed by atoms with Crippen LogP contribution in [0.25, 0.3) is 0 Å². The highest BCUT2D eigenvalue weighted by Crippen LogP contribution is 2.63. The third-order valence-electron chi connectivity index (χ3n) is 10.6. The molecule has 1 aromatic rings. The van der Waals surface area contributed by atoms with Crippen LogP contribution in [0.4, 0.5) is 22.0 Å². The maximum Gasteiger partial charge on any atom is 0.453 e. The Morgan fingerprint density at radius 2 is 1.66 bits per heavy atom. The second-order valence-corrected chi connectivity index (χ2v) is 14.7. The van der Waals surface area contributed by atoms with E-state index in [0.717, 1.165) is 56.1 Å². The zero-order valence-electron chi connectivity index (χ0n) is 24.5. The van der Waals surface area contributed by atoms with Gasteiger partial charge in [-0.1, -0.05) is 58.8 Å². The maximum absolute atomic E-state index is 13.4. The molecular weight excluding hydrogens is 559 g/mol. The van der Waals surface area contributed by atoms with Crippen LogP contribution in [-0.2, 0) is 17.6 Å². The Kier molecular flexibility index (Phi) is 10.6. The number of aliphatic hydroxyl groups is 1. The second-order valence-electron chi connectivity index (χ2n) is 13.2. The Hall–Kier alpha value is -1.06. The number of phenolic OH excluding ortho intramolecular Hbond substituents is 1. The van der Waals surface area contributed by atoms with Gasteiger partial charge in [0.15, 0.2) is 10.6 Å². The molecule has 41 heavy (non-hydrogen) atoms. The SMILES string of the molecule is CCCCCCCCC[C@@H]1Cc2cc(O)c([S+]([O-])CCCC(F)(F)C(F)(F)F)cc2C2CC[C@@]3(C)C(CC[C@@H]3O)C21. The fraction of sp³-hybridized carbons (Fsp3) is 0.812. The van der Waals surface area contributed by atoms with E-state index >= 15 is 0 Å². The van der Waals surface area contributed by atoms with E-state index < -0.39 is 36.1 Å². The molecular formula is C32H47F5O3S. The van der Waals surface area contributed by atoms with Gasteiger partial charge < -0.3 is 14.8 Å². The van der Waals surface area contributed by atoms with Crippen molar-refractivity contribution in [1.82, 2.24) is 0 Å². The van der Waals surface area contributed by atoms with E-state index in [4.69, 9.17) is 0 Å². The van der Waals surface area contributed by atoms with Gasteiger partial charge in [0.05, 0.1) is 6.10 Å². The van der Waals surface area contributed by atoms with Crippen molar-refractivity contribution in [2.75, 3.05) is 5.75 Å². The van der Waals surface area contributed by atoms with E-state index in [2.05, 4.69) is 13.8 Å². The van der Waals surface area contributed by atoms with Crippen LogP contribution in [0.1, 0.15) is 121 Å². The van der Waals surface area contributed by atoms with Crippen molar-refractivity contribution in [3.8, 4) is 5.75 Å². The van der Waals surface area contributed by atoms with Gasteiger partial charge in [-0.25, -0.2) is 0 Å². The Bertz CT molecular complexity index is 1020. The quantitative estimate of drug-likeness (QED) is 0.134. The molecule has 0 aromatic heterocycles. The van der Waals surface area contributed by atoms with Crippen LogP contribution < -0.4 is 0 Å². The average Bonchev–Trinajstić information content (AvgIpc) is 3.20. The van der Waals surface area contributed by atoms with Crippen molar-refractivity contribution >= 4 is 11.2 Å². The summed E-state index contributed by atoms with van der Waals surface area (Å²) in [6, 6.07) is 3.41. The fourth-order valence-electron chi connectivity index (χ4n) is 8.27. The van der Waals surface area contributed by atoms with Crippen LogP contribution in [0, 0.1) is 23.2 Å². The summed E-state index contributed by atoms with van der Waals surface area (Å²) in [4.78, 5) is 0.128. The first-order valence-electron chi connectivity index (χ1n) is 15.7. The van der Waals surface area contributed by atoms with E-state index in [1.807, 2.05) is 0 Å². The molecule has 234 valence electrons. The summed E-state index contributed by atoms with van der Waals surface area (Å²) in [5.41, 5.74) is 1.95. The van der Waals surface area contributed by atoms with E-state index in [-0.39, 0.29) is 33.8 Å². The molecule has 0 saturated heterocycles. The number of alkyl halides is 5. The summed E-state index contributed by atoms with van der Waals surface area (Å²) in [5, 5.41) is 21.7. The first-order chi connectivity index (χ1) is 19.3. The molecule has 4 rings (SSSR count). The highest BCUT2D eigenvalue weighted by Gasteiger charge is 2.58. The Balaban J connectivity index is 1.51. The topological polar surface area (TPSA) is 63.5 Å². The lowest BCUT2D eigenvalue weighted by molar-refractivity contribution is -0.284. The molecule has 4 unspecified atom stereocenters. The molecule has 9 heteroatoms. The van der Waals surface area contributed by atoms with Gasteiger partial charge in [0.25, 0.3) is 0 Å². The van der Waals surface area contributed by atoms with Crippen LogP contribution in [0.5, 0.6) is 5.75 Å². The largest absolute Gasteiger partial charge is 0.611 e. The minimum atomic E-state index is -5.63. The third kappa shape index (κ3) is 7.03. The average molecular weight is 607 g/mol. The molecule has 0 aliphatic heterocycles. The van der Waals surface area contributed by atoms with Gasteiger partial charge in [-0.15, -0.1) is 0 Å². The maximum atomic E-state index is 13.4. The fourth-order valence-corrected chi connectivity index (χ4v) is 9.45. The molecule has 3 aliphatic rings. The molecule has 0 amide bonds. The zero-order chi connectivity index (χ0) is 30.0. The number of aromatic hydroxyl groups is 1. The van der Waals surface area contributed by atoms with Crippen molar-refractivity contribution in [3.63, 3.8) is 0 Å². The Morgan fingerprint density at radius 1 is 0.976 bits per heavy atom. The van der Waals surface area contributed by atoms with Gasteiger partial charge in [-0.2, -0.15) is 22.0 Å². The predicted octanol–water partition coefficient (Wildman–Crippen LogP) is 9.06. The lowest BCUT2D eigenvalue weighted by atomic mass is 9.52. The van der Waals surface area contributed by atoms with Gasteiger partial charge >= 0.3 is 12.1 Å². The standard InChI is InChI=1S/C32H47F5O3S/c1-3-4-5-6-7-8-9-11-21-18-22-19-26(38)27(41(40)17-10-15-31(33,34)32(35,36)37)20-24(22)23-14-16-30(2)25(29(21)23)12-13-28(30)39/h19-21,23,25,28-29,38-39H,3-18H2,1-2H3/t21-,23?,25?,28+,29?,30+,41?/m1/s1. The van der Waals surface area contributed by atoms with Crippen LogP contribution in [-0.4, -0.2) is 38.7 Å². The molecule has 3 nitrogen and oxygen atoms in total. The van der Waals surface area contributed by atoms with E-state index in [9.17, 15) is 36.7 Å². The first kappa shape index (κ1) is 32.8. The molecule has 3 aliphatic carbocycles. The number of hydrogen-bond acceptors (Lipinski definition) is 3. The Morgan fingerprint density at radius 3 is 2.34 bits per heavy atom. The summed E-state index contributed by atoms with van der Waals surface area (Å²) in [6.45, 7) is 4.44. The molecule has 0 radical (unpaired) electrons. The zero-order valence-corrected chi connectivity index (χ0v) is 25.3. The van der Waals surface area contributed by atoms with E-state index in [0.29, 0.717) is 17.8 Å². The van der Waals surface area contributed by atoms with Crippen molar-refractivity contribution < 1.29 is 36.7 Å². The number of unbranched alkanes of at least 4 members (excludes halogenated alkanes) is 6. The van der Waals surface area contributed by atoms with Gasteiger partial charge in [0.2, 0.25) is 0 Å². The molecule has 2 fully saturated rings. The lowest BCUT2D eigenvalue weighted by Crippen LogP contribution is -2.47. The molecule has 0 heterocycles. The number of rotatable bonds is 13. The highest BCUT2D eigenvalue weighted by atomic mass is 32.2. The molecule has 2 N–H and O–H groups in total. The number of fused-ring (bicyclic) bond motifs is 5. The number of phenols is 1. The molecule has 7 atom stereocenters. The lowest BCUT2D eigenvalue weighted by Gasteiger charge is -2.53. The van der Waals surface area contributed by atoms with E-state index in [1.165, 1.54) is 38.5 Å². The van der Waals surface area contributed by atoms with Crippen LogP contribution in [0.3, 0.4) is 0 Å². The summed E-state index contributed by atoms with van der Waals surface area (Å²) in [7, 11) is 0. The second kappa shape index (κ2) is 13.3. The van der Waals surface area contributed by atoms with Crippen molar-refractivity contribution in [2.24, 2.45) is 23.2 Å². The predicted molar refractivity (Wildman–Crippen MR) is 152 cm³/mol. The first-order valence-corrected chi connectivity index (χ1v) is 17.0. The number of halogens is 5. The molecule has 2 saturated carbocycles. The monoisotopic (exact) mass is 606 g/mol. The highest BCUT2D eigenvalue weighted by molar-refractivity contribution is 7.91. The summed E-state index contributed by atoms with van der Waals surface area (Å²) < 4.78 is 77.4. The molecule has 0 bridgehead atoms. The summed E-state index contributed by atoms with van der Waals surface area (Å²) >= 11 is -1.90. The van der Waals surface area contributed by atoms with Gasteiger partial charge in [0.1, 0.15) is 5.75 Å². The van der Waals surface area contributed by atoms with Crippen LogP contribution >= 0.6 is 0 Å². The normalized spacial score (nSPS) is 30.5. The molecule has 0 spiro atoms. The Labute approximate surface area is 244 Å². The number of benzene rings is 1. The van der Waals surface area contributed by atoms with Crippen molar-refractivity contribution in [2.45, 2.75) is 139 Å². The minimum Gasteiger partial charge on any atom is -0.611 e. The minimum absolute atomic E-state index is 0.122. The van der Waals surface area contributed by atoms with Gasteiger partial charge in [-0.05, 0) is 102 Å². The number of aliphatic hydroxyl groups excluding tert-OH is 1. The van der Waals surface area contributed by atoms with Gasteiger partial charge in [0, 0.05) is 12.5 Å². The third-order valence-corrected chi connectivity index (χ3v) is 12.1. The summed E-state index contributed by atoms with van der Waals surface area (Å²) in [5.74, 6) is -4.00. The smallest absolute Gasteiger partial charge is 0.453 e. The van der Waals surface area contributed by atoms with Crippen molar-refractivity contribution in [1.29, 1.82) is 0 Å². The summed E-state index contributed by atoms with van der Waals surface area (Å²) in [6.07, 6.45) is 6.14.